The van der Waals surface area contributed by atoms with E-state index in [-0.39, 0.29) is 17.6 Å². The number of amides is 2. The maximum Gasteiger partial charge on any atom is 0.254 e. The van der Waals surface area contributed by atoms with Crippen molar-refractivity contribution in [2.45, 2.75) is 12.0 Å². The van der Waals surface area contributed by atoms with E-state index in [9.17, 15) is 14.0 Å². The number of ether oxygens (including phenoxy) is 2. The molecule has 1 saturated heterocycles. The van der Waals surface area contributed by atoms with Crippen LogP contribution in [0.2, 0.25) is 0 Å². The van der Waals surface area contributed by atoms with E-state index in [1.165, 1.54) is 30.6 Å². The van der Waals surface area contributed by atoms with Gasteiger partial charge in [0.1, 0.15) is 5.82 Å². The number of carbonyl (C=O) groups is 2. The number of piperazine rings is 1. The molecule has 1 fully saturated rings. The van der Waals surface area contributed by atoms with Crippen LogP contribution in [-0.4, -0.2) is 69.1 Å². The van der Waals surface area contributed by atoms with E-state index in [4.69, 9.17) is 9.47 Å². The molecule has 0 aliphatic carbocycles. The average molecular weight is 510 g/mol. The second-order valence-corrected chi connectivity index (χ2v) is 9.92. The zero-order valence-corrected chi connectivity index (χ0v) is 21.3. The van der Waals surface area contributed by atoms with E-state index in [2.05, 4.69) is 4.90 Å². The van der Waals surface area contributed by atoms with Crippen molar-refractivity contribution in [2.24, 2.45) is 0 Å². The molecule has 2 aromatic carbocycles. The van der Waals surface area contributed by atoms with E-state index in [0.717, 1.165) is 10.6 Å². The molecule has 1 aromatic heterocycles. The molecule has 2 aliphatic rings. The number of fused-ring (bicyclic) bond motifs is 1. The minimum absolute atomic E-state index is 0.0278. The Morgan fingerprint density at radius 2 is 1.67 bits per heavy atom. The molecule has 7 nitrogen and oxygen atoms in total. The van der Waals surface area contributed by atoms with Crippen LogP contribution in [0.25, 0.3) is 0 Å². The van der Waals surface area contributed by atoms with Crippen LogP contribution < -0.4 is 14.4 Å². The summed E-state index contributed by atoms with van der Waals surface area (Å²) in [5.41, 5.74) is 2.04. The van der Waals surface area contributed by atoms with Gasteiger partial charge in [0, 0.05) is 49.4 Å². The Labute approximate surface area is 213 Å². The molecule has 2 aliphatic heterocycles. The maximum atomic E-state index is 14.2. The largest absolute Gasteiger partial charge is 0.493 e. The Kier molecular flexibility index (Phi) is 6.57. The summed E-state index contributed by atoms with van der Waals surface area (Å²) in [7, 11) is 4.82. The predicted octanol–water partition coefficient (Wildman–Crippen LogP) is 4.16. The van der Waals surface area contributed by atoms with Gasteiger partial charge in [0.15, 0.2) is 11.5 Å². The number of anilines is 1. The van der Waals surface area contributed by atoms with Crippen LogP contribution in [0.3, 0.4) is 0 Å². The average Bonchev–Trinajstić information content (AvgIpc) is 3.44. The quantitative estimate of drug-likeness (QED) is 0.517. The van der Waals surface area contributed by atoms with Crippen molar-refractivity contribution in [1.82, 2.24) is 9.80 Å². The highest BCUT2D eigenvalue weighted by Gasteiger charge is 2.45. The van der Waals surface area contributed by atoms with Crippen molar-refractivity contribution in [3.63, 3.8) is 0 Å². The van der Waals surface area contributed by atoms with Crippen molar-refractivity contribution in [3.05, 3.63) is 75.7 Å². The van der Waals surface area contributed by atoms with Gasteiger partial charge >= 0.3 is 0 Å². The predicted molar refractivity (Wildman–Crippen MR) is 137 cm³/mol. The molecule has 9 heteroatoms. The molecule has 188 valence electrons. The summed E-state index contributed by atoms with van der Waals surface area (Å²) >= 11 is 1.53. The summed E-state index contributed by atoms with van der Waals surface area (Å²) < 4.78 is 24.3. The van der Waals surface area contributed by atoms with Crippen molar-refractivity contribution in [3.8, 4) is 11.5 Å². The summed E-state index contributed by atoms with van der Waals surface area (Å²) in [5, 5.41) is 1.96. The van der Waals surface area contributed by atoms with Crippen LogP contribution in [0.5, 0.6) is 11.5 Å². The zero-order valence-electron chi connectivity index (χ0n) is 20.4. The number of halogens is 1. The molecule has 0 spiro atoms. The molecular weight excluding hydrogens is 481 g/mol. The Balaban J connectivity index is 1.49. The highest BCUT2D eigenvalue weighted by Crippen LogP contribution is 2.47. The van der Waals surface area contributed by atoms with Crippen LogP contribution in [0.1, 0.15) is 32.8 Å². The lowest BCUT2D eigenvalue weighted by Crippen LogP contribution is -2.53. The lowest BCUT2D eigenvalue weighted by Gasteiger charge is -2.43. The van der Waals surface area contributed by atoms with E-state index in [1.807, 2.05) is 22.4 Å². The SMILES string of the molecule is COc1cc2c(cc1OC)[C@@H](C(=O)N1CCN(c3ccc(F)cc3)CC1)[C@H](c1cccs1)N(C)C2=O. The number of nitrogens with zero attached hydrogens (tertiary/aromatic N) is 3. The first-order valence-corrected chi connectivity index (χ1v) is 12.7. The number of rotatable bonds is 5. The lowest BCUT2D eigenvalue weighted by molar-refractivity contribution is -0.134. The number of likely N-dealkylation sites (N-methyl/N-ethyl adjacent to an activating group) is 1. The molecule has 0 N–H and O–H groups in total. The summed E-state index contributed by atoms with van der Waals surface area (Å²) in [5.74, 6) is -0.106. The van der Waals surface area contributed by atoms with E-state index < -0.39 is 12.0 Å². The van der Waals surface area contributed by atoms with Crippen LogP contribution in [0.4, 0.5) is 10.1 Å². The monoisotopic (exact) mass is 509 g/mol. The fourth-order valence-corrected chi connectivity index (χ4v) is 6.07. The third-order valence-corrected chi connectivity index (χ3v) is 8.00. The lowest BCUT2D eigenvalue weighted by atomic mass is 9.81. The molecular formula is C27H28FN3O4S. The first-order valence-electron chi connectivity index (χ1n) is 11.8. The first-order chi connectivity index (χ1) is 17.4. The number of thiophene rings is 1. The van der Waals surface area contributed by atoms with Crippen molar-refractivity contribution >= 4 is 28.8 Å². The summed E-state index contributed by atoms with van der Waals surface area (Å²) in [6.07, 6.45) is 0. The van der Waals surface area contributed by atoms with Crippen molar-refractivity contribution in [1.29, 1.82) is 0 Å². The fraction of sp³-hybridized carbons (Fsp3) is 0.333. The molecule has 3 heterocycles. The minimum Gasteiger partial charge on any atom is -0.493 e. The number of methoxy groups -OCH3 is 2. The molecule has 0 saturated carbocycles. The Morgan fingerprint density at radius 1 is 1.00 bits per heavy atom. The second-order valence-electron chi connectivity index (χ2n) is 8.94. The maximum absolute atomic E-state index is 14.2. The van der Waals surface area contributed by atoms with Gasteiger partial charge in [-0.25, -0.2) is 4.39 Å². The van der Waals surface area contributed by atoms with Crippen LogP contribution in [0.15, 0.2) is 53.9 Å². The van der Waals surface area contributed by atoms with Gasteiger partial charge in [-0.05, 0) is 53.4 Å². The summed E-state index contributed by atoms with van der Waals surface area (Å²) in [6, 6.07) is 13.3. The van der Waals surface area contributed by atoms with Gasteiger partial charge in [-0.2, -0.15) is 0 Å². The standard InChI is InChI=1S/C27H28FN3O4S/c1-29-25(23-5-4-14-36-23)24(19-15-21(34-2)22(35-3)16-20(19)26(29)32)27(33)31-12-10-30(11-13-31)18-8-6-17(28)7-9-18/h4-9,14-16,24-25H,10-13H2,1-3H3/t24-,25+/m1/s1. The van der Waals surface area contributed by atoms with Crippen LogP contribution >= 0.6 is 11.3 Å². The van der Waals surface area contributed by atoms with E-state index in [0.29, 0.717) is 48.8 Å². The number of hydrogen-bond acceptors (Lipinski definition) is 6. The third kappa shape index (κ3) is 4.17. The zero-order chi connectivity index (χ0) is 25.4. The van der Waals surface area contributed by atoms with Crippen LogP contribution in [-0.2, 0) is 4.79 Å². The molecule has 2 amide bonds. The topological polar surface area (TPSA) is 62.3 Å². The molecule has 2 atom stereocenters. The van der Waals surface area contributed by atoms with Gasteiger partial charge in [-0.15, -0.1) is 11.3 Å². The number of hydrogen-bond donors (Lipinski definition) is 0. The van der Waals surface area contributed by atoms with Gasteiger partial charge in [0.05, 0.1) is 26.2 Å². The first kappa shape index (κ1) is 24.1. The molecule has 0 radical (unpaired) electrons. The van der Waals surface area contributed by atoms with E-state index >= 15 is 0 Å². The van der Waals surface area contributed by atoms with Gasteiger partial charge in [-0.3, -0.25) is 9.59 Å². The van der Waals surface area contributed by atoms with Gasteiger partial charge in [0.25, 0.3) is 5.91 Å². The molecule has 3 aromatic rings. The third-order valence-electron chi connectivity index (χ3n) is 7.06. The summed E-state index contributed by atoms with van der Waals surface area (Å²) in [6.45, 7) is 2.34. The second kappa shape index (κ2) is 9.81. The molecule has 0 unspecified atom stereocenters. The molecule has 36 heavy (non-hydrogen) atoms. The van der Waals surface area contributed by atoms with Gasteiger partial charge < -0.3 is 24.2 Å². The van der Waals surface area contributed by atoms with E-state index in [1.54, 1.807) is 43.3 Å². The molecule has 0 bridgehead atoms. The smallest absolute Gasteiger partial charge is 0.254 e. The Hall–Kier alpha value is -3.59. The highest BCUT2D eigenvalue weighted by molar-refractivity contribution is 7.10. The molecule has 5 rings (SSSR count). The summed E-state index contributed by atoms with van der Waals surface area (Å²) in [4.78, 5) is 34.2. The highest BCUT2D eigenvalue weighted by atomic mass is 32.1. The van der Waals surface area contributed by atoms with Gasteiger partial charge in [0.2, 0.25) is 5.91 Å². The van der Waals surface area contributed by atoms with Crippen molar-refractivity contribution < 1.29 is 23.5 Å². The fourth-order valence-electron chi connectivity index (χ4n) is 5.16. The minimum atomic E-state index is -0.585. The Morgan fingerprint density at radius 3 is 2.28 bits per heavy atom. The van der Waals surface area contributed by atoms with Crippen molar-refractivity contribution in [2.75, 3.05) is 52.3 Å². The van der Waals surface area contributed by atoms with Gasteiger partial charge in [-0.1, -0.05) is 6.07 Å². The normalized spacial score (nSPS) is 19.8. The Bertz CT molecular complexity index is 1260. The number of carbonyl (C=O) groups excluding carboxylic acids is 2. The van der Waals surface area contributed by atoms with Crippen LogP contribution in [0, 0.1) is 5.82 Å². The number of benzene rings is 2.